The molecular weight excluding hydrogens is 194 g/mol. The highest BCUT2D eigenvalue weighted by molar-refractivity contribution is 4.96. The van der Waals surface area contributed by atoms with E-state index in [0.29, 0.717) is 11.7 Å². The summed E-state index contributed by atoms with van der Waals surface area (Å²) in [6.07, 6.45) is 3.41. The van der Waals surface area contributed by atoms with Gasteiger partial charge in [-0.25, -0.2) is 0 Å². The van der Waals surface area contributed by atoms with Gasteiger partial charge in [0, 0.05) is 7.11 Å². The van der Waals surface area contributed by atoms with Gasteiger partial charge >= 0.3 is 0 Å². The lowest BCUT2D eigenvalue weighted by atomic mass is 10.1. The maximum absolute atomic E-state index is 5.22. The van der Waals surface area contributed by atoms with Crippen molar-refractivity contribution in [2.24, 2.45) is 0 Å². The molecule has 1 N–H and O–H groups in total. The largest absolute Gasteiger partial charge is 0.374 e. The summed E-state index contributed by atoms with van der Waals surface area (Å²) in [5, 5.41) is 7.28. The summed E-state index contributed by atoms with van der Waals surface area (Å²) in [6.45, 7) is 2.94. The molecule has 0 amide bonds. The molecular formula is C10H17N3O2. The molecule has 2 atom stereocenters. The van der Waals surface area contributed by atoms with Crippen LogP contribution in [0.4, 0.5) is 0 Å². The maximum atomic E-state index is 5.22. The van der Waals surface area contributed by atoms with Crippen molar-refractivity contribution in [1.29, 1.82) is 0 Å². The second kappa shape index (κ2) is 4.72. The Hall–Kier alpha value is -0.940. The quantitative estimate of drug-likeness (QED) is 0.822. The van der Waals surface area contributed by atoms with Crippen LogP contribution in [-0.2, 0) is 4.74 Å². The molecule has 15 heavy (non-hydrogen) atoms. The number of hydrogen-bond donors (Lipinski definition) is 1. The molecule has 1 unspecified atom stereocenters. The first kappa shape index (κ1) is 10.6. The van der Waals surface area contributed by atoms with Crippen molar-refractivity contribution in [2.45, 2.75) is 38.3 Å². The van der Waals surface area contributed by atoms with Crippen molar-refractivity contribution in [2.75, 3.05) is 13.7 Å². The molecule has 1 fully saturated rings. The second-order valence-corrected chi connectivity index (χ2v) is 3.87. The fourth-order valence-corrected chi connectivity index (χ4v) is 1.72. The Morgan fingerprint density at radius 2 is 2.40 bits per heavy atom. The van der Waals surface area contributed by atoms with E-state index < -0.39 is 0 Å². The number of nitrogens with one attached hydrogen (secondary N) is 1. The van der Waals surface area contributed by atoms with Gasteiger partial charge in [0.1, 0.15) is 6.10 Å². The van der Waals surface area contributed by atoms with E-state index in [1.807, 2.05) is 6.92 Å². The molecule has 0 spiro atoms. The Bertz CT molecular complexity index is 307. The highest BCUT2D eigenvalue weighted by atomic mass is 16.5. The van der Waals surface area contributed by atoms with Gasteiger partial charge in [-0.15, -0.1) is 0 Å². The van der Waals surface area contributed by atoms with E-state index in [-0.39, 0.29) is 12.1 Å². The Kier molecular flexibility index (Phi) is 3.33. The third-order valence-electron chi connectivity index (χ3n) is 2.78. The Balaban J connectivity index is 2.05. The van der Waals surface area contributed by atoms with Gasteiger partial charge in [0.2, 0.25) is 5.89 Å². The van der Waals surface area contributed by atoms with Gasteiger partial charge in [-0.2, -0.15) is 4.98 Å². The van der Waals surface area contributed by atoms with Crippen LogP contribution in [0.25, 0.3) is 0 Å². The molecule has 0 radical (unpaired) electrons. The minimum absolute atomic E-state index is 0.105. The highest BCUT2D eigenvalue weighted by Crippen LogP contribution is 2.22. The van der Waals surface area contributed by atoms with Crippen LogP contribution in [0.2, 0.25) is 0 Å². The fraction of sp³-hybridized carbons (Fsp3) is 0.800. The van der Waals surface area contributed by atoms with Crippen LogP contribution >= 0.6 is 0 Å². The molecule has 84 valence electrons. The summed E-state index contributed by atoms with van der Waals surface area (Å²) in [7, 11) is 1.64. The molecule has 0 aliphatic carbocycles. The number of nitrogens with zero attached hydrogens (tertiary/aromatic N) is 2. The van der Waals surface area contributed by atoms with E-state index in [1.165, 1.54) is 12.8 Å². The normalized spacial score (nSPS) is 24.0. The molecule has 0 saturated carbocycles. The van der Waals surface area contributed by atoms with Gasteiger partial charge in [-0.3, -0.25) is 0 Å². The maximum Gasteiger partial charge on any atom is 0.243 e. The first-order valence-electron chi connectivity index (χ1n) is 5.41. The van der Waals surface area contributed by atoms with Crippen LogP contribution in [0.5, 0.6) is 0 Å². The average molecular weight is 211 g/mol. The van der Waals surface area contributed by atoms with Gasteiger partial charge in [0.15, 0.2) is 5.82 Å². The van der Waals surface area contributed by atoms with Crippen LogP contribution in [-0.4, -0.2) is 23.8 Å². The third-order valence-corrected chi connectivity index (χ3v) is 2.78. The lowest BCUT2D eigenvalue weighted by Crippen LogP contribution is -2.27. The summed E-state index contributed by atoms with van der Waals surface area (Å²) in [5.41, 5.74) is 0. The SMILES string of the molecule is COC(C)c1noc([C@H]2CCCCN2)n1. The molecule has 5 nitrogen and oxygen atoms in total. The molecule has 1 aromatic heterocycles. The molecule has 2 rings (SSSR count). The fourth-order valence-electron chi connectivity index (χ4n) is 1.72. The van der Waals surface area contributed by atoms with Gasteiger partial charge < -0.3 is 14.6 Å². The van der Waals surface area contributed by atoms with Crippen LogP contribution in [0.15, 0.2) is 4.52 Å². The van der Waals surface area contributed by atoms with E-state index >= 15 is 0 Å². The van der Waals surface area contributed by atoms with E-state index in [9.17, 15) is 0 Å². The third kappa shape index (κ3) is 2.35. The van der Waals surface area contributed by atoms with Crippen LogP contribution < -0.4 is 5.32 Å². The predicted octanol–water partition coefficient (Wildman–Crippen LogP) is 1.59. The zero-order chi connectivity index (χ0) is 10.7. The van der Waals surface area contributed by atoms with Crippen LogP contribution in [0.1, 0.15) is 50.0 Å². The minimum Gasteiger partial charge on any atom is -0.374 e. The standard InChI is InChI=1S/C10H17N3O2/c1-7(14-2)9-12-10(15-13-9)8-5-3-4-6-11-8/h7-8,11H,3-6H2,1-2H3/t7?,8-/m1/s1. The average Bonchev–Trinajstić information content (AvgIpc) is 2.78. The summed E-state index contributed by atoms with van der Waals surface area (Å²) in [6, 6.07) is 0.226. The van der Waals surface area contributed by atoms with E-state index in [0.717, 1.165) is 13.0 Å². The lowest BCUT2D eigenvalue weighted by Gasteiger charge is -2.19. The smallest absolute Gasteiger partial charge is 0.243 e. The molecule has 5 heteroatoms. The molecule has 1 aromatic rings. The Morgan fingerprint density at radius 1 is 1.53 bits per heavy atom. The van der Waals surface area contributed by atoms with Gasteiger partial charge in [-0.05, 0) is 26.3 Å². The topological polar surface area (TPSA) is 60.2 Å². The van der Waals surface area contributed by atoms with Gasteiger partial charge in [0.05, 0.1) is 6.04 Å². The Labute approximate surface area is 89.2 Å². The number of hydrogen-bond acceptors (Lipinski definition) is 5. The first-order chi connectivity index (χ1) is 7.31. The zero-order valence-electron chi connectivity index (χ0n) is 9.19. The molecule has 1 saturated heterocycles. The van der Waals surface area contributed by atoms with Crippen molar-refractivity contribution in [3.05, 3.63) is 11.7 Å². The summed E-state index contributed by atoms with van der Waals surface area (Å²) in [4.78, 5) is 4.34. The monoisotopic (exact) mass is 211 g/mol. The summed E-state index contributed by atoms with van der Waals surface area (Å²) < 4.78 is 10.4. The predicted molar refractivity (Wildman–Crippen MR) is 54.3 cm³/mol. The zero-order valence-corrected chi connectivity index (χ0v) is 9.19. The van der Waals surface area contributed by atoms with Crippen molar-refractivity contribution >= 4 is 0 Å². The second-order valence-electron chi connectivity index (χ2n) is 3.87. The van der Waals surface area contributed by atoms with Crippen LogP contribution in [0, 0.1) is 0 Å². The Morgan fingerprint density at radius 3 is 3.07 bits per heavy atom. The van der Waals surface area contributed by atoms with Crippen molar-refractivity contribution in [3.63, 3.8) is 0 Å². The number of piperidine rings is 1. The number of aromatic nitrogens is 2. The van der Waals surface area contributed by atoms with Gasteiger partial charge in [-0.1, -0.05) is 11.6 Å². The lowest BCUT2D eigenvalue weighted by molar-refractivity contribution is 0.109. The van der Waals surface area contributed by atoms with Crippen LogP contribution in [0.3, 0.4) is 0 Å². The number of methoxy groups -OCH3 is 1. The van der Waals surface area contributed by atoms with Crippen molar-refractivity contribution in [1.82, 2.24) is 15.5 Å². The number of ether oxygens (including phenoxy) is 1. The molecule has 0 bridgehead atoms. The summed E-state index contributed by atoms with van der Waals surface area (Å²) >= 11 is 0. The van der Waals surface area contributed by atoms with E-state index in [2.05, 4.69) is 15.5 Å². The molecule has 2 heterocycles. The van der Waals surface area contributed by atoms with Gasteiger partial charge in [0.25, 0.3) is 0 Å². The summed E-state index contributed by atoms with van der Waals surface area (Å²) in [5.74, 6) is 1.31. The minimum atomic E-state index is -0.105. The molecule has 1 aliphatic heterocycles. The van der Waals surface area contributed by atoms with Crippen molar-refractivity contribution in [3.8, 4) is 0 Å². The number of rotatable bonds is 3. The molecule has 0 aromatic carbocycles. The molecule has 1 aliphatic rings. The van der Waals surface area contributed by atoms with E-state index in [1.54, 1.807) is 7.11 Å². The van der Waals surface area contributed by atoms with Crippen molar-refractivity contribution < 1.29 is 9.26 Å². The van der Waals surface area contributed by atoms with E-state index in [4.69, 9.17) is 9.26 Å². The first-order valence-corrected chi connectivity index (χ1v) is 5.41. The highest BCUT2D eigenvalue weighted by Gasteiger charge is 2.22.